The van der Waals surface area contributed by atoms with E-state index in [0.717, 1.165) is 27.4 Å². The number of nitrogens with zero attached hydrogens (tertiary/aromatic N) is 4. The molecule has 2 aromatic heterocycles. The van der Waals surface area contributed by atoms with E-state index in [1.165, 1.54) is 11.4 Å². The van der Waals surface area contributed by atoms with Crippen LogP contribution in [0.25, 0.3) is 4.96 Å². The quantitative estimate of drug-likeness (QED) is 0.632. The number of benzene rings is 1. The Bertz CT molecular complexity index is 1090. The first kappa shape index (κ1) is 14.7. The minimum atomic E-state index is -0.457. The molecule has 24 heavy (non-hydrogen) atoms. The van der Waals surface area contributed by atoms with Crippen molar-refractivity contribution >= 4 is 33.8 Å². The zero-order chi connectivity index (χ0) is 17.2. The van der Waals surface area contributed by atoms with Gasteiger partial charge in [0.25, 0.3) is 17.4 Å². The molecule has 1 aromatic carbocycles. The third-order valence-electron chi connectivity index (χ3n) is 3.83. The molecule has 4 rings (SSSR count). The van der Waals surface area contributed by atoms with Crippen molar-refractivity contribution in [3.05, 3.63) is 55.9 Å². The standard InChI is InChI=1S/C16H12N4O3S/c1-7-4-8(2)6-10(5-7)19-14(22)11-12(15(19)23)24-16-17-13(21)9(3)18-20(11)16/h4-6H,1-3H3. The molecule has 120 valence electrons. The van der Waals surface area contributed by atoms with E-state index >= 15 is 0 Å². The van der Waals surface area contributed by atoms with Crippen LogP contribution in [0.4, 0.5) is 5.69 Å². The Kier molecular flexibility index (Phi) is 2.95. The van der Waals surface area contributed by atoms with Crippen molar-refractivity contribution in [2.24, 2.45) is 0 Å². The lowest BCUT2D eigenvalue weighted by Crippen LogP contribution is -2.30. The van der Waals surface area contributed by atoms with Crippen molar-refractivity contribution in [3.63, 3.8) is 0 Å². The molecular weight excluding hydrogens is 328 g/mol. The van der Waals surface area contributed by atoms with E-state index in [0.29, 0.717) is 5.69 Å². The fraction of sp³-hybridized carbons (Fsp3) is 0.188. The van der Waals surface area contributed by atoms with Gasteiger partial charge in [0.1, 0.15) is 10.6 Å². The predicted octanol–water partition coefficient (Wildman–Crippen LogP) is 1.88. The van der Waals surface area contributed by atoms with E-state index in [-0.39, 0.29) is 21.2 Å². The Balaban J connectivity index is 1.93. The third kappa shape index (κ3) is 1.93. The van der Waals surface area contributed by atoms with Crippen LogP contribution in [-0.4, -0.2) is 26.4 Å². The molecule has 0 atom stereocenters. The second-order valence-corrected chi connectivity index (χ2v) is 6.75. The van der Waals surface area contributed by atoms with Gasteiger partial charge in [0, 0.05) is 0 Å². The molecule has 0 spiro atoms. The van der Waals surface area contributed by atoms with Crippen molar-refractivity contribution in [2.75, 3.05) is 4.90 Å². The van der Waals surface area contributed by atoms with Gasteiger partial charge in [-0.2, -0.15) is 14.6 Å². The van der Waals surface area contributed by atoms with Gasteiger partial charge >= 0.3 is 0 Å². The van der Waals surface area contributed by atoms with E-state index in [9.17, 15) is 14.4 Å². The summed E-state index contributed by atoms with van der Waals surface area (Å²) >= 11 is 1.01. The summed E-state index contributed by atoms with van der Waals surface area (Å²) in [4.78, 5) is 42.7. The van der Waals surface area contributed by atoms with E-state index in [1.807, 2.05) is 19.9 Å². The number of aromatic nitrogens is 3. The highest BCUT2D eigenvalue weighted by Gasteiger charge is 2.41. The number of carbonyl (C=O) groups excluding carboxylic acids is 2. The molecule has 3 aromatic rings. The van der Waals surface area contributed by atoms with Crippen molar-refractivity contribution in [1.29, 1.82) is 0 Å². The first-order valence-electron chi connectivity index (χ1n) is 7.24. The number of aryl methyl sites for hydroxylation is 3. The first-order chi connectivity index (χ1) is 11.4. The molecule has 0 saturated carbocycles. The minimum absolute atomic E-state index is 0.162. The smallest absolute Gasteiger partial charge is 0.267 e. The number of amides is 2. The number of anilines is 1. The highest BCUT2D eigenvalue weighted by Crippen LogP contribution is 2.33. The average Bonchev–Trinajstić information content (AvgIpc) is 2.95. The van der Waals surface area contributed by atoms with Crippen LogP contribution in [0.5, 0.6) is 0 Å². The highest BCUT2D eigenvalue weighted by molar-refractivity contribution is 7.19. The molecule has 0 unspecified atom stereocenters. The molecule has 0 aliphatic carbocycles. The van der Waals surface area contributed by atoms with Gasteiger partial charge in [-0.15, -0.1) is 0 Å². The van der Waals surface area contributed by atoms with Crippen LogP contribution in [0.15, 0.2) is 23.0 Å². The van der Waals surface area contributed by atoms with Gasteiger partial charge in [0.2, 0.25) is 4.96 Å². The molecule has 3 heterocycles. The highest BCUT2D eigenvalue weighted by atomic mass is 32.1. The fourth-order valence-electron chi connectivity index (χ4n) is 2.84. The lowest BCUT2D eigenvalue weighted by molar-refractivity contribution is 0.0924. The molecule has 0 N–H and O–H groups in total. The lowest BCUT2D eigenvalue weighted by Gasteiger charge is -2.15. The third-order valence-corrected chi connectivity index (χ3v) is 4.84. The van der Waals surface area contributed by atoms with Gasteiger partial charge in [0.15, 0.2) is 5.69 Å². The molecule has 0 saturated heterocycles. The summed E-state index contributed by atoms with van der Waals surface area (Å²) < 4.78 is 1.29. The lowest BCUT2D eigenvalue weighted by atomic mass is 10.1. The average molecular weight is 340 g/mol. The molecule has 1 aliphatic heterocycles. The number of fused-ring (bicyclic) bond motifs is 3. The van der Waals surface area contributed by atoms with Gasteiger partial charge in [0.05, 0.1) is 5.69 Å². The number of hydrogen-bond acceptors (Lipinski definition) is 6. The van der Waals surface area contributed by atoms with Crippen LogP contribution < -0.4 is 10.5 Å². The van der Waals surface area contributed by atoms with Crippen molar-refractivity contribution in [1.82, 2.24) is 14.6 Å². The van der Waals surface area contributed by atoms with Crippen LogP contribution in [0, 0.1) is 20.8 Å². The maximum absolute atomic E-state index is 12.8. The summed E-state index contributed by atoms with van der Waals surface area (Å²) in [5, 5.41) is 4.11. The Labute approximate surface area is 140 Å². The molecule has 0 fully saturated rings. The number of carbonyl (C=O) groups is 2. The Hall–Kier alpha value is -2.87. The van der Waals surface area contributed by atoms with Gasteiger partial charge in [-0.3, -0.25) is 14.4 Å². The van der Waals surface area contributed by atoms with Crippen LogP contribution in [0.3, 0.4) is 0 Å². The molecule has 8 heteroatoms. The summed E-state index contributed by atoms with van der Waals surface area (Å²) in [6.07, 6.45) is 0. The summed E-state index contributed by atoms with van der Waals surface area (Å²) in [5.41, 5.74) is 2.34. The normalized spacial score (nSPS) is 13.9. The van der Waals surface area contributed by atoms with Crippen molar-refractivity contribution < 1.29 is 9.59 Å². The summed E-state index contributed by atoms with van der Waals surface area (Å²) in [7, 11) is 0. The Morgan fingerprint density at radius 2 is 1.62 bits per heavy atom. The Morgan fingerprint density at radius 3 is 2.29 bits per heavy atom. The topological polar surface area (TPSA) is 84.6 Å². The summed E-state index contributed by atoms with van der Waals surface area (Å²) in [6, 6.07) is 5.55. The second-order valence-electron chi connectivity index (χ2n) is 5.77. The van der Waals surface area contributed by atoms with E-state index in [2.05, 4.69) is 10.1 Å². The maximum atomic E-state index is 12.8. The molecule has 2 amide bonds. The largest absolute Gasteiger partial charge is 0.295 e. The first-order valence-corrected chi connectivity index (χ1v) is 8.06. The molecule has 1 aliphatic rings. The monoisotopic (exact) mass is 340 g/mol. The van der Waals surface area contributed by atoms with Gasteiger partial charge in [-0.05, 0) is 44.0 Å². The Morgan fingerprint density at radius 1 is 0.958 bits per heavy atom. The summed E-state index contributed by atoms with van der Waals surface area (Å²) in [6.45, 7) is 5.34. The van der Waals surface area contributed by atoms with E-state index < -0.39 is 17.4 Å². The van der Waals surface area contributed by atoms with Crippen molar-refractivity contribution in [3.8, 4) is 0 Å². The summed E-state index contributed by atoms with van der Waals surface area (Å²) in [5.74, 6) is -0.869. The predicted molar refractivity (Wildman–Crippen MR) is 88.9 cm³/mol. The SMILES string of the molecule is Cc1cc(C)cc(N2C(=O)c3sc4nc(=O)c(C)nn4c3C2=O)c1. The molecule has 0 radical (unpaired) electrons. The van der Waals surface area contributed by atoms with Crippen LogP contribution in [0.2, 0.25) is 0 Å². The zero-order valence-electron chi connectivity index (χ0n) is 13.2. The van der Waals surface area contributed by atoms with Gasteiger partial charge in [-0.1, -0.05) is 17.4 Å². The van der Waals surface area contributed by atoms with Gasteiger partial charge in [-0.25, -0.2) is 4.90 Å². The minimum Gasteiger partial charge on any atom is -0.267 e. The van der Waals surface area contributed by atoms with E-state index in [4.69, 9.17) is 0 Å². The second kappa shape index (κ2) is 4.81. The number of thiazole rings is 1. The van der Waals surface area contributed by atoms with E-state index in [1.54, 1.807) is 12.1 Å². The maximum Gasteiger partial charge on any atom is 0.295 e. The van der Waals surface area contributed by atoms with Crippen LogP contribution in [-0.2, 0) is 0 Å². The van der Waals surface area contributed by atoms with Gasteiger partial charge < -0.3 is 0 Å². The number of imide groups is 1. The number of rotatable bonds is 1. The van der Waals surface area contributed by atoms with Crippen LogP contribution >= 0.6 is 11.3 Å². The number of hydrogen-bond donors (Lipinski definition) is 0. The molecular formula is C16H12N4O3S. The molecule has 7 nitrogen and oxygen atoms in total. The van der Waals surface area contributed by atoms with Crippen molar-refractivity contribution in [2.45, 2.75) is 20.8 Å². The zero-order valence-corrected chi connectivity index (χ0v) is 14.0. The fourth-order valence-corrected chi connectivity index (χ4v) is 3.82. The van der Waals surface area contributed by atoms with Crippen LogP contribution in [0.1, 0.15) is 37.0 Å². The molecule has 0 bridgehead atoms.